The van der Waals surface area contributed by atoms with E-state index in [0.29, 0.717) is 5.95 Å². The van der Waals surface area contributed by atoms with Crippen LogP contribution in [0.15, 0.2) is 18.2 Å². The number of benzene rings is 1. The largest absolute Gasteiger partial charge is 0.369 e. The second kappa shape index (κ2) is 4.14. The highest BCUT2D eigenvalue weighted by atomic mass is 15.2. The molecule has 2 N–H and O–H groups in total. The van der Waals surface area contributed by atoms with Crippen molar-refractivity contribution in [2.75, 3.05) is 26.4 Å². The Morgan fingerprint density at radius 1 is 1.38 bits per heavy atom. The van der Waals surface area contributed by atoms with Crippen LogP contribution in [0.4, 0.5) is 5.95 Å². The zero-order chi connectivity index (χ0) is 11.7. The van der Waals surface area contributed by atoms with E-state index < -0.39 is 0 Å². The van der Waals surface area contributed by atoms with Crippen LogP contribution in [0, 0.1) is 6.92 Å². The summed E-state index contributed by atoms with van der Waals surface area (Å²) in [5, 5.41) is 0. The fourth-order valence-electron chi connectivity index (χ4n) is 1.79. The molecule has 2 aromatic rings. The quantitative estimate of drug-likeness (QED) is 0.849. The maximum absolute atomic E-state index is 5.92. The van der Waals surface area contributed by atoms with Crippen molar-refractivity contribution in [2.24, 2.45) is 0 Å². The molecule has 0 aliphatic carbocycles. The van der Waals surface area contributed by atoms with Gasteiger partial charge in [0.1, 0.15) is 0 Å². The Morgan fingerprint density at radius 2 is 2.12 bits per heavy atom. The number of aryl methyl sites for hydroxylation is 1. The lowest BCUT2D eigenvalue weighted by Crippen LogP contribution is -2.19. The highest BCUT2D eigenvalue weighted by Crippen LogP contribution is 2.18. The van der Waals surface area contributed by atoms with Gasteiger partial charge in [-0.15, -0.1) is 0 Å². The van der Waals surface area contributed by atoms with Gasteiger partial charge in [-0.3, -0.25) is 0 Å². The van der Waals surface area contributed by atoms with Crippen LogP contribution in [0.25, 0.3) is 11.0 Å². The molecule has 0 aliphatic heterocycles. The van der Waals surface area contributed by atoms with E-state index in [4.69, 9.17) is 5.73 Å². The average molecular weight is 218 g/mol. The first-order valence-electron chi connectivity index (χ1n) is 5.45. The third-order valence-electron chi connectivity index (χ3n) is 2.70. The van der Waals surface area contributed by atoms with E-state index in [0.717, 1.165) is 24.1 Å². The van der Waals surface area contributed by atoms with E-state index in [1.165, 1.54) is 5.56 Å². The van der Waals surface area contributed by atoms with E-state index in [1.807, 2.05) is 0 Å². The van der Waals surface area contributed by atoms with Crippen LogP contribution in [-0.4, -0.2) is 35.1 Å². The minimum Gasteiger partial charge on any atom is -0.369 e. The van der Waals surface area contributed by atoms with Crippen molar-refractivity contribution < 1.29 is 0 Å². The van der Waals surface area contributed by atoms with Gasteiger partial charge in [-0.1, -0.05) is 6.07 Å². The monoisotopic (exact) mass is 218 g/mol. The molecule has 0 saturated carbocycles. The van der Waals surface area contributed by atoms with Crippen LogP contribution in [-0.2, 0) is 6.54 Å². The first kappa shape index (κ1) is 11.0. The predicted molar refractivity (Wildman–Crippen MR) is 67.4 cm³/mol. The van der Waals surface area contributed by atoms with Gasteiger partial charge in [0.2, 0.25) is 5.95 Å². The Labute approximate surface area is 95.7 Å². The number of hydrogen-bond donors (Lipinski definition) is 1. The summed E-state index contributed by atoms with van der Waals surface area (Å²) >= 11 is 0. The fraction of sp³-hybridized carbons (Fsp3) is 0.417. The molecule has 0 aliphatic rings. The molecule has 0 fully saturated rings. The van der Waals surface area contributed by atoms with Gasteiger partial charge in [-0.25, -0.2) is 4.98 Å². The van der Waals surface area contributed by atoms with Gasteiger partial charge in [-0.2, -0.15) is 0 Å². The first-order valence-corrected chi connectivity index (χ1v) is 5.45. The third kappa shape index (κ3) is 2.02. The molecule has 1 heterocycles. The second-order valence-electron chi connectivity index (χ2n) is 4.42. The SMILES string of the molecule is Cc1ccc2c(c1)nc(N)n2CCN(C)C. The molecular weight excluding hydrogens is 200 g/mol. The molecule has 2 rings (SSSR count). The zero-order valence-electron chi connectivity index (χ0n) is 10.1. The molecule has 1 aromatic carbocycles. The summed E-state index contributed by atoms with van der Waals surface area (Å²) in [5.41, 5.74) is 9.23. The first-order chi connectivity index (χ1) is 7.58. The van der Waals surface area contributed by atoms with Crippen LogP contribution in [0.1, 0.15) is 5.56 Å². The van der Waals surface area contributed by atoms with Crippen molar-refractivity contribution >= 4 is 17.0 Å². The van der Waals surface area contributed by atoms with Gasteiger partial charge in [0, 0.05) is 13.1 Å². The molecule has 0 saturated heterocycles. The van der Waals surface area contributed by atoms with Crippen molar-refractivity contribution in [3.8, 4) is 0 Å². The maximum atomic E-state index is 5.92. The molecule has 1 aromatic heterocycles. The Morgan fingerprint density at radius 3 is 2.81 bits per heavy atom. The van der Waals surface area contributed by atoms with Gasteiger partial charge >= 0.3 is 0 Å². The number of imidazole rings is 1. The molecule has 0 unspecified atom stereocenters. The number of nitrogen functional groups attached to an aromatic ring is 1. The lowest BCUT2D eigenvalue weighted by molar-refractivity contribution is 0.387. The zero-order valence-corrected chi connectivity index (χ0v) is 10.1. The van der Waals surface area contributed by atoms with Gasteiger partial charge in [-0.05, 0) is 38.7 Å². The number of aromatic nitrogens is 2. The standard InChI is InChI=1S/C12H18N4/c1-9-4-5-11-10(8-9)14-12(13)16(11)7-6-15(2)3/h4-5,8H,6-7H2,1-3H3,(H2,13,14). The van der Waals surface area contributed by atoms with Crippen LogP contribution in [0.3, 0.4) is 0 Å². The highest BCUT2D eigenvalue weighted by Gasteiger charge is 2.07. The summed E-state index contributed by atoms with van der Waals surface area (Å²) in [7, 11) is 4.11. The van der Waals surface area contributed by atoms with E-state index in [9.17, 15) is 0 Å². The number of nitrogens with zero attached hydrogens (tertiary/aromatic N) is 3. The average Bonchev–Trinajstić information content (AvgIpc) is 2.50. The second-order valence-corrected chi connectivity index (χ2v) is 4.42. The molecule has 0 amide bonds. The Hall–Kier alpha value is -1.55. The number of fused-ring (bicyclic) bond motifs is 1. The van der Waals surface area contributed by atoms with Crippen molar-refractivity contribution in [3.05, 3.63) is 23.8 Å². The number of rotatable bonds is 3. The Kier molecular flexibility index (Phi) is 2.83. The van der Waals surface area contributed by atoms with Gasteiger partial charge < -0.3 is 15.2 Å². The predicted octanol–water partition coefficient (Wildman–Crippen LogP) is 1.49. The van der Waals surface area contributed by atoms with Crippen LogP contribution in [0.5, 0.6) is 0 Å². The summed E-state index contributed by atoms with van der Waals surface area (Å²) in [6, 6.07) is 6.25. The Bertz CT molecular complexity index is 499. The highest BCUT2D eigenvalue weighted by molar-refractivity contribution is 5.79. The van der Waals surface area contributed by atoms with Crippen LogP contribution < -0.4 is 5.73 Å². The number of anilines is 1. The van der Waals surface area contributed by atoms with E-state index in [-0.39, 0.29) is 0 Å². The molecule has 0 bridgehead atoms. The summed E-state index contributed by atoms with van der Waals surface area (Å²) in [4.78, 5) is 6.51. The number of hydrogen-bond acceptors (Lipinski definition) is 3. The van der Waals surface area contributed by atoms with Crippen molar-refractivity contribution in [2.45, 2.75) is 13.5 Å². The van der Waals surface area contributed by atoms with E-state index >= 15 is 0 Å². The van der Waals surface area contributed by atoms with Crippen LogP contribution in [0.2, 0.25) is 0 Å². The number of nitrogens with two attached hydrogens (primary N) is 1. The molecule has 4 heteroatoms. The van der Waals surface area contributed by atoms with E-state index in [1.54, 1.807) is 0 Å². The normalized spacial score (nSPS) is 11.5. The molecule has 0 atom stereocenters. The Balaban J connectivity index is 2.40. The lowest BCUT2D eigenvalue weighted by atomic mass is 10.2. The molecule has 86 valence electrons. The molecule has 16 heavy (non-hydrogen) atoms. The fourth-order valence-corrected chi connectivity index (χ4v) is 1.79. The summed E-state index contributed by atoms with van der Waals surface area (Å²) in [5.74, 6) is 0.599. The molecule has 0 spiro atoms. The minimum atomic E-state index is 0.599. The minimum absolute atomic E-state index is 0.599. The lowest BCUT2D eigenvalue weighted by Gasteiger charge is -2.11. The molecular formula is C12H18N4. The van der Waals surface area contributed by atoms with Crippen molar-refractivity contribution in [1.29, 1.82) is 0 Å². The molecule has 0 radical (unpaired) electrons. The van der Waals surface area contributed by atoms with Gasteiger partial charge in [0.25, 0.3) is 0 Å². The van der Waals surface area contributed by atoms with Crippen LogP contribution >= 0.6 is 0 Å². The summed E-state index contributed by atoms with van der Waals surface area (Å²) < 4.78 is 2.06. The molecule has 4 nitrogen and oxygen atoms in total. The van der Waals surface area contributed by atoms with Gasteiger partial charge in [0.15, 0.2) is 0 Å². The third-order valence-corrected chi connectivity index (χ3v) is 2.70. The summed E-state index contributed by atoms with van der Waals surface area (Å²) in [6.45, 7) is 3.90. The van der Waals surface area contributed by atoms with Crippen molar-refractivity contribution in [1.82, 2.24) is 14.5 Å². The topological polar surface area (TPSA) is 47.1 Å². The van der Waals surface area contributed by atoms with Gasteiger partial charge in [0.05, 0.1) is 11.0 Å². The maximum Gasteiger partial charge on any atom is 0.201 e. The number of likely N-dealkylation sites (N-methyl/N-ethyl adjacent to an activating group) is 1. The van der Waals surface area contributed by atoms with E-state index in [2.05, 4.69) is 53.7 Å². The van der Waals surface area contributed by atoms with Crippen molar-refractivity contribution in [3.63, 3.8) is 0 Å². The summed E-state index contributed by atoms with van der Waals surface area (Å²) in [6.07, 6.45) is 0. The smallest absolute Gasteiger partial charge is 0.201 e.